The average Bonchev–Trinajstić information content (AvgIpc) is 3.17. The number of hydrazone groups is 1. The van der Waals surface area contributed by atoms with Gasteiger partial charge in [-0.05, 0) is 72.3 Å². The van der Waals surface area contributed by atoms with Crippen molar-refractivity contribution in [2.75, 3.05) is 12.1 Å². The molecule has 4 aromatic rings. The van der Waals surface area contributed by atoms with E-state index in [1.807, 2.05) is 24.3 Å². The van der Waals surface area contributed by atoms with Gasteiger partial charge in [0.1, 0.15) is 11.6 Å². The first-order valence-electron chi connectivity index (χ1n) is 8.87. The zero-order chi connectivity index (χ0) is 21.1. The Kier molecular flexibility index (Phi) is 5.87. The van der Waals surface area contributed by atoms with Gasteiger partial charge in [-0.15, -0.1) is 0 Å². The monoisotopic (exact) mass is 483 g/mol. The Morgan fingerprint density at radius 2 is 1.87 bits per heavy atom. The molecule has 0 N–H and O–H groups in total. The fourth-order valence-corrected chi connectivity index (χ4v) is 3.91. The number of hydrogen-bond acceptors (Lipinski definition) is 5. The number of hydrogen-bond donors (Lipinski definition) is 0. The van der Waals surface area contributed by atoms with Crippen molar-refractivity contribution in [2.45, 2.75) is 0 Å². The predicted molar refractivity (Wildman–Crippen MR) is 121 cm³/mol. The van der Waals surface area contributed by atoms with Crippen LogP contribution < -0.4 is 9.75 Å². The van der Waals surface area contributed by atoms with E-state index >= 15 is 0 Å². The van der Waals surface area contributed by atoms with Gasteiger partial charge < -0.3 is 4.74 Å². The van der Waals surface area contributed by atoms with Crippen molar-refractivity contribution in [3.05, 3.63) is 88.1 Å². The Balaban J connectivity index is 1.73. The number of thiazole rings is 1. The highest BCUT2D eigenvalue weighted by Crippen LogP contribution is 2.30. The molecule has 8 heteroatoms. The largest absolute Gasteiger partial charge is 0.497 e. The number of ether oxygens (including phenoxy) is 1. The molecule has 0 aliphatic carbocycles. The van der Waals surface area contributed by atoms with E-state index in [-0.39, 0.29) is 11.7 Å². The van der Waals surface area contributed by atoms with Crippen molar-refractivity contribution in [3.63, 3.8) is 0 Å². The number of benzene rings is 3. The third kappa shape index (κ3) is 4.39. The SMILES string of the molecule is COc1ccc(/C=N/N(C(=O)c2ccc(Br)cc2)c2nc3ccc(F)cc3s2)cc1. The highest BCUT2D eigenvalue weighted by Gasteiger charge is 2.21. The molecular weight excluding hydrogens is 469 g/mol. The Labute approximate surface area is 184 Å². The van der Waals surface area contributed by atoms with E-state index in [9.17, 15) is 9.18 Å². The van der Waals surface area contributed by atoms with Gasteiger partial charge in [-0.25, -0.2) is 9.37 Å². The maximum atomic E-state index is 13.6. The van der Waals surface area contributed by atoms with Crippen LogP contribution in [0, 0.1) is 5.82 Å². The molecule has 150 valence electrons. The summed E-state index contributed by atoms with van der Waals surface area (Å²) in [5.74, 6) is 0.0279. The van der Waals surface area contributed by atoms with Crippen LogP contribution in [0.15, 0.2) is 76.3 Å². The van der Waals surface area contributed by atoms with Crippen LogP contribution in [0.3, 0.4) is 0 Å². The molecule has 0 saturated carbocycles. The van der Waals surface area contributed by atoms with Gasteiger partial charge in [-0.2, -0.15) is 10.1 Å². The average molecular weight is 484 g/mol. The van der Waals surface area contributed by atoms with E-state index in [4.69, 9.17) is 4.74 Å². The quantitative estimate of drug-likeness (QED) is 0.262. The zero-order valence-corrected chi connectivity index (χ0v) is 18.2. The number of halogens is 2. The van der Waals surface area contributed by atoms with E-state index < -0.39 is 0 Å². The number of rotatable bonds is 5. The summed E-state index contributed by atoms with van der Waals surface area (Å²) in [4.78, 5) is 17.7. The van der Waals surface area contributed by atoms with Crippen molar-refractivity contribution in [1.82, 2.24) is 4.98 Å². The van der Waals surface area contributed by atoms with E-state index in [2.05, 4.69) is 26.0 Å². The van der Waals surface area contributed by atoms with E-state index in [1.165, 1.54) is 28.5 Å². The van der Waals surface area contributed by atoms with Crippen molar-refractivity contribution in [2.24, 2.45) is 5.10 Å². The maximum absolute atomic E-state index is 13.6. The molecule has 0 spiro atoms. The van der Waals surface area contributed by atoms with Gasteiger partial charge in [-0.3, -0.25) is 4.79 Å². The summed E-state index contributed by atoms with van der Waals surface area (Å²) in [6.45, 7) is 0. The van der Waals surface area contributed by atoms with Crippen LogP contribution in [0.2, 0.25) is 0 Å². The third-order valence-corrected chi connectivity index (χ3v) is 5.76. The molecule has 0 aliphatic rings. The molecule has 0 saturated heterocycles. The second kappa shape index (κ2) is 8.73. The van der Waals surface area contributed by atoms with Crippen molar-refractivity contribution >= 4 is 54.7 Å². The Bertz CT molecular complexity index is 1220. The van der Waals surface area contributed by atoms with Gasteiger partial charge >= 0.3 is 0 Å². The number of nitrogens with zero attached hydrogens (tertiary/aromatic N) is 3. The maximum Gasteiger partial charge on any atom is 0.280 e. The zero-order valence-electron chi connectivity index (χ0n) is 15.8. The van der Waals surface area contributed by atoms with Crippen molar-refractivity contribution in [3.8, 4) is 5.75 Å². The van der Waals surface area contributed by atoms with Gasteiger partial charge in [0.05, 0.1) is 23.5 Å². The molecular formula is C22H15BrFN3O2S. The molecule has 1 amide bonds. The first kappa shape index (κ1) is 20.2. The lowest BCUT2D eigenvalue weighted by atomic mass is 10.2. The van der Waals surface area contributed by atoms with Crippen LogP contribution in [-0.2, 0) is 0 Å². The molecule has 30 heavy (non-hydrogen) atoms. The number of carbonyl (C=O) groups excluding carboxylic acids is 1. The molecule has 0 atom stereocenters. The molecule has 0 fully saturated rings. The van der Waals surface area contributed by atoms with E-state index in [0.29, 0.717) is 20.9 Å². The van der Waals surface area contributed by atoms with Crippen LogP contribution >= 0.6 is 27.3 Å². The Morgan fingerprint density at radius 1 is 1.13 bits per heavy atom. The molecule has 1 heterocycles. The lowest BCUT2D eigenvalue weighted by molar-refractivity contribution is 0.0988. The van der Waals surface area contributed by atoms with E-state index in [0.717, 1.165) is 15.8 Å². The normalized spacial score (nSPS) is 11.2. The Hall–Kier alpha value is -3.10. The molecule has 0 bridgehead atoms. The summed E-state index contributed by atoms with van der Waals surface area (Å²) in [6, 6.07) is 18.6. The highest BCUT2D eigenvalue weighted by atomic mass is 79.9. The second-order valence-corrected chi connectivity index (χ2v) is 8.17. The number of carbonyl (C=O) groups is 1. The molecule has 0 unspecified atom stereocenters. The van der Waals surface area contributed by atoms with Crippen LogP contribution in [0.4, 0.5) is 9.52 Å². The van der Waals surface area contributed by atoms with Gasteiger partial charge in [0, 0.05) is 10.0 Å². The number of methoxy groups -OCH3 is 1. The fourth-order valence-electron chi connectivity index (χ4n) is 2.69. The van der Waals surface area contributed by atoms with E-state index in [1.54, 1.807) is 43.7 Å². The number of aromatic nitrogens is 1. The summed E-state index contributed by atoms with van der Waals surface area (Å²) in [5.41, 5.74) is 1.84. The van der Waals surface area contributed by atoms with Crippen LogP contribution in [-0.4, -0.2) is 24.2 Å². The van der Waals surface area contributed by atoms with Crippen LogP contribution in [0.25, 0.3) is 10.2 Å². The minimum absolute atomic E-state index is 0.341. The molecule has 5 nitrogen and oxygen atoms in total. The standard InChI is InChI=1S/C22H15BrFN3O2S/c1-29-18-9-2-14(3-10-18)13-25-27(21(28)15-4-6-16(23)7-5-15)22-26-19-11-8-17(24)12-20(19)30-22/h2-13H,1H3/b25-13+. The van der Waals surface area contributed by atoms with Gasteiger partial charge in [0.2, 0.25) is 5.13 Å². The molecule has 3 aromatic carbocycles. The van der Waals surface area contributed by atoms with Crippen molar-refractivity contribution < 1.29 is 13.9 Å². The fraction of sp³-hybridized carbons (Fsp3) is 0.0455. The van der Waals surface area contributed by atoms with Gasteiger partial charge in [0.25, 0.3) is 5.91 Å². The minimum Gasteiger partial charge on any atom is -0.497 e. The number of amides is 1. The van der Waals surface area contributed by atoms with Crippen molar-refractivity contribution in [1.29, 1.82) is 0 Å². The summed E-state index contributed by atoms with van der Waals surface area (Å²) in [6.07, 6.45) is 1.57. The first-order valence-corrected chi connectivity index (χ1v) is 10.5. The molecule has 4 rings (SSSR count). The summed E-state index contributed by atoms with van der Waals surface area (Å²) >= 11 is 4.57. The van der Waals surface area contributed by atoms with Crippen LogP contribution in [0.1, 0.15) is 15.9 Å². The molecule has 0 aliphatic heterocycles. The Morgan fingerprint density at radius 3 is 2.57 bits per heavy atom. The summed E-state index contributed by atoms with van der Waals surface area (Å²) < 4.78 is 20.3. The second-order valence-electron chi connectivity index (χ2n) is 6.25. The molecule has 1 aromatic heterocycles. The predicted octanol–water partition coefficient (Wildman–Crippen LogP) is 5.89. The number of anilines is 1. The molecule has 0 radical (unpaired) electrons. The first-order chi connectivity index (χ1) is 14.5. The minimum atomic E-state index is -0.356. The van der Waals surface area contributed by atoms with Crippen LogP contribution in [0.5, 0.6) is 5.75 Å². The smallest absolute Gasteiger partial charge is 0.280 e. The number of fused-ring (bicyclic) bond motifs is 1. The van der Waals surface area contributed by atoms with Gasteiger partial charge in [0.15, 0.2) is 0 Å². The topological polar surface area (TPSA) is 54.8 Å². The highest BCUT2D eigenvalue weighted by molar-refractivity contribution is 9.10. The third-order valence-electron chi connectivity index (χ3n) is 4.24. The summed E-state index contributed by atoms with van der Waals surface area (Å²) in [5, 5.41) is 5.98. The van der Waals surface area contributed by atoms with Gasteiger partial charge in [-0.1, -0.05) is 27.3 Å². The lowest BCUT2D eigenvalue weighted by Crippen LogP contribution is -2.25. The summed E-state index contributed by atoms with van der Waals surface area (Å²) in [7, 11) is 1.59. The lowest BCUT2D eigenvalue weighted by Gasteiger charge is -2.14.